The normalized spacial score (nSPS) is 15.5. The minimum Gasteiger partial charge on any atom is -0.447 e. The predicted molar refractivity (Wildman–Crippen MR) is 83.9 cm³/mol. The van der Waals surface area contributed by atoms with Crippen molar-refractivity contribution in [3.8, 4) is 0 Å². The SMILES string of the molecule is Cc1cnc(N[C@@H](C)c2ccccc2)nc1N1CCOC1=O. The van der Waals surface area contributed by atoms with Crippen molar-refractivity contribution < 1.29 is 9.53 Å². The highest BCUT2D eigenvalue weighted by molar-refractivity contribution is 5.89. The van der Waals surface area contributed by atoms with Crippen molar-refractivity contribution in [2.24, 2.45) is 0 Å². The minimum atomic E-state index is -0.358. The third-order valence-electron chi connectivity index (χ3n) is 3.61. The minimum absolute atomic E-state index is 0.0716. The van der Waals surface area contributed by atoms with Crippen LogP contribution < -0.4 is 10.2 Å². The van der Waals surface area contributed by atoms with E-state index in [1.807, 2.05) is 44.2 Å². The van der Waals surface area contributed by atoms with Crippen LogP contribution in [0, 0.1) is 6.92 Å². The fourth-order valence-corrected chi connectivity index (χ4v) is 2.38. The maximum atomic E-state index is 11.7. The number of cyclic esters (lactones) is 1. The zero-order valence-electron chi connectivity index (χ0n) is 12.6. The molecule has 0 radical (unpaired) electrons. The van der Waals surface area contributed by atoms with Gasteiger partial charge >= 0.3 is 6.09 Å². The lowest BCUT2D eigenvalue weighted by atomic mass is 10.1. The van der Waals surface area contributed by atoms with E-state index in [9.17, 15) is 4.79 Å². The summed E-state index contributed by atoms with van der Waals surface area (Å²) in [5.41, 5.74) is 1.99. The average Bonchev–Trinajstić information content (AvgIpc) is 2.96. The van der Waals surface area contributed by atoms with E-state index in [1.165, 1.54) is 4.90 Å². The number of nitrogens with zero attached hydrogens (tertiary/aromatic N) is 3. The number of hydrogen-bond acceptors (Lipinski definition) is 5. The lowest BCUT2D eigenvalue weighted by molar-refractivity contribution is 0.181. The number of amides is 1. The Bertz CT molecular complexity index is 675. The van der Waals surface area contributed by atoms with Crippen molar-refractivity contribution in [3.05, 3.63) is 47.7 Å². The van der Waals surface area contributed by atoms with Gasteiger partial charge < -0.3 is 10.1 Å². The molecule has 2 heterocycles. The fraction of sp³-hybridized carbons (Fsp3) is 0.312. The van der Waals surface area contributed by atoms with Gasteiger partial charge in [0.05, 0.1) is 12.6 Å². The van der Waals surface area contributed by atoms with Gasteiger partial charge in [0, 0.05) is 11.8 Å². The van der Waals surface area contributed by atoms with Gasteiger partial charge in [-0.25, -0.2) is 9.78 Å². The molecule has 0 bridgehead atoms. The topological polar surface area (TPSA) is 67.3 Å². The van der Waals surface area contributed by atoms with Crippen LogP contribution in [0.5, 0.6) is 0 Å². The number of hydrogen-bond donors (Lipinski definition) is 1. The van der Waals surface area contributed by atoms with Crippen LogP contribution in [0.1, 0.15) is 24.1 Å². The Hall–Kier alpha value is -2.63. The van der Waals surface area contributed by atoms with Gasteiger partial charge in [0.1, 0.15) is 12.4 Å². The Labute approximate surface area is 129 Å². The molecule has 0 aliphatic carbocycles. The molecule has 1 aliphatic heterocycles. The number of benzene rings is 1. The number of nitrogens with one attached hydrogen (secondary N) is 1. The molecule has 2 aromatic rings. The number of aryl methyl sites for hydroxylation is 1. The maximum absolute atomic E-state index is 11.7. The van der Waals surface area contributed by atoms with Gasteiger partial charge in [-0.1, -0.05) is 30.3 Å². The lowest BCUT2D eigenvalue weighted by Crippen LogP contribution is -2.26. The molecule has 0 unspecified atom stereocenters. The summed E-state index contributed by atoms with van der Waals surface area (Å²) in [7, 11) is 0. The molecule has 1 aromatic carbocycles. The van der Waals surface area contributed by atoms with Crippen LogP contribution in [-0.2, 0) is 4.74 Å². The average molecular weight is 298 g/mol. The summed E-state index contributed by atoms with van der Waals surface area (Å²) in [5, 5.41) is 3.26. The molecule has 6 heteroatoms. The van der Waals surface area contributed by atoms with E-state index in [2.05, 4.69) is 15.3 Å². The molecule has 0 saturated carbocycles. The Kier molecular flexibility index (Phi) is 3.91. The van der Waals surface area contributed by atoms with Crippen molar-refractivity contribution in [3.63, 3.8) is 0 Å². The van der Waals surface area contributed by atoms with Crippen molar-refractivity contribution in [2.75, 3.05) is 23.4 Å². The van der Waals surface area contributed by atoms with Gasteiger partial charge in [0.15, 0.2) is 0 Å². The van der Waals surface area contributed by atoms with E-state index >= 15 is 0 Å². The van der Waals surface area contributed by atoms with Crippen LogP contribution in [0.25, 0.3) is 0 Å². The first kappa shape index (κ1) is 14.3. The highest BCUT2D eigenvalue weighted by Gasteiger charge is 2.26. The molecule has 0 spiro atoms. The van der Waals surface area contributed by atoms with Gasteiger partial charge in [0.2, 0.25) is 5.95 Å². The Balaban J connectivity index is 1.82. The maximum Gasteiger partial charge on any atom is 0.415 e. The first-order chi connectivity index (χ1) is 10.6. The van der Waals surface area contributed by atoms with Crippen LogP contribution in [0.2, 0.25) is 0 Å². The molecule has 1 aliphatic rings. The van der Waals surface area contributed by atoms with E-state index in [-0.39, 0.29) is 12.1 Å². The molecule has 114 valence electrons. The quantitative estimate of drug-likeness (QED) is 0.940. The number of ether oxygens (including phenoxy) is 1. The van der Waals surface area contributed by atoms with Crippen LogP contribution in [0.4, 0.5) is 16.6 Å². The van der Waals surface area contributed by atoms with Crippen LogP contribution in [0.3, 0.4) is 0 Å². The highest BCUT2D eigenvalue weighted by atomic mass is 16.6. The standard InChI is InChI=1S/C16H18N4O2/c1-11-10-17-15(18-12(2)13-6-4-3-5-7-13)19-14(11)20-8-9-22-16(20)21/h3-7,10,12H,8-9H2,1-2H3,(H,17,18,19)/t12-/m0/s1. The second kappa shape index (κ2) is 6.01. The van der Waals surface area contributed by atoms with E-state index in [0.717, 1.165) is 11.1 Å². The van der Waals surface area contributed by atoms with Gasteiger partial charge in [-0.3, -0.25) is 4.90 Å². The molecule has 1 fully saturated rings. The first-order valence-electron chi connectivity index (χ1n) is 7.24. The molecule has 6 nitrogen and oxygen atoms in total. The largest absolute Gasteiger partial charge is 0.447 e. The monoisotopic (exact) mass is 298 g/mol. The number of carbonyl (C=O) groups excluding carboxylic acids is 1. The zero-order valence-corrected chi connectivity index (χ0v) is 12.6. The van der Waals surface area contributed by atoms with Crippen molar-refractivity contribution in [1.29, 1.82) is 0 Å². The van der Waals surface area contributed by atoms with E-state index in [1.54, 1.807) is 6.20 Å². The lowest BCUT2D eigenvalue weighted by Gasteiger charge is -2.18. The summed E-state index contributed by atoms with van der Waals surface area (Å²) in [6.45, 7) is 4.84. The Morgan fingerprint density at radius 3 is 2.77 bits per heavy atom. The molecule has 1 N–H and O–H groups in total. The molecule has 22 heavy (non-hydrogen) atoms. The van der Waals surface area contributed by atoms with Gasteiger partial charge in [-0.05, 0) is 19.4 Å². The molecule has 1 atom stereocenters. The van der Waals surface area contributed by atoms with E-state index < -0.39 is 0 Å². The van der Waals surface area contributed by atoms with Gasteiger partial charge in [-0.15, -0.1) is 0 Å². The van der Waals surface area contributed by atoms with Crippen molar-refractivity contribution in [2.45, 2.75) is 19.9 Å². The molecular weight excluding hydrogens is 280 g/mol. The molecule has 1 aromatic heterocycles. The predicted octanol–water partition coefficient (Wildman–Crippen LogP) is 2.91. The summed E-state index contributed by atoms with van der Waals surface area (Å²) < 4.78 is 4.97. The number of aromatic nitrogens is 2. The molecule has 1 amide bonds. The van der Waals surface area contributed by atoms with Crippen LogP contribution >= 0.6 is 0 Å². The second-order valence-corrected chi connectivity index (χ2v) is 5.24. The second-order valence-electron chi connectivity index (χ2n) is 5.24. The number of anilines is 2. The zero-order chi connectivity index (χ0) is 15.5. The number of rotatable bonds is 4. The summed E-state index contributed by atoms with van der Waals surface area (Å²) in [6, 6.07) is 10.1. The Morgan fingerprint density at radius 1 is 1.32 bits per heavy atom. The third kappa shape index (κ3) is 2.86. The Morgan fingerprint density at radius 2 is 2.09 bits per heavy atom. The molecular formula is C16H18N4O2. The van der Waals surface area contributed by atoms with Crippen LogP contribution in [-0.4, -0.2) is 29.2 Å². The summed E-state index contributed by atoms with van der Waals surface area (Å²) in [6.07, 6.45) is 1.36. The van der Waals surface area contributed by atoms with Crippen molar-refractivity contribution in [1.82, 2.24) is 9.97 Å². The van der Waals surface area contributed by atoms with Crippen molar-refractivity contribution >= 4 is 17.9 Å². The third-order valence-corrected chi connectivity index (χ3v) is 3.61. The number of carbonyl (C=O) groups is 1. The molecule has 3 rings (SSSR count). The van der Waals surface area contributed by atoms with Gasteiger partial charge in [-0.2, -0.15) is 4.98 Å². The van der Waals surface area contributed by atoms with E-state index in [0.29, 0.717) is 24.9 Å². The summed E-state index contributed by atoms with van der Waals surface area (Å²) in [4.78, 5) is 22.0. The summed E-state index contributed by atoms with van der Waals surface area (Å²) >= 11 is 0. The molecule has 1 saturated heterocycles. The van der Waals surface area contributed by atoms with Crippen LogP contribution in [0.15, 0.2) is 36.5 Å². The highest BCUT2D eigenvalue weighted by Crippen LogP contribution is 2.23. The van der Waals surface area contributed by atoms with Gasteiger partial charge in [0.25, 0.3) is 0 Å². The fourth-order valence-electron chi connectivity index (χ4n) is 2.38. The first-order valence-corrected chi connectivity index (χ1v) is 7.24. The summed E-state index contributed by atoms with van der Waals surface area (Å²) in [5.74, 6) is 1.09. The van der Waals surface area contributed by atoms with E-state index in [4.69, 9.17) is 4.74 Å². The smallest absolute Gasteiger partial charge is 0.415 e.